The number of unbranched alkanes of at least 4 members (excludes halogenated alkanes) is 1. The van der Waals surface area contributed by atoms with Crippen molar-refractivity contribution in [3.05, 3.63) is 96.7 Å². The molecule has 180 valence electrons. The number of nitrogens with one attached hydrogen (secondary N) is 1. The van der Waals surface area contributed by atoms with Gasteiger partial charge in [-0.15, -0.1) is 0 Å². The Balaban J connectivity index is 1.49. The summed E-state index contributed by atoms with van der Waals surface area (Å²) < 4.78 is 0. The number of carbonyl (C=O) groups is 2. The number of benzene rings is 1. The molecule has 3 rings (SSSR count). The third-order valence-electron chi connectivity index (χ3n) is 6.73. The van der Waals surface area contributed by atoms with Crippen LogP contribution in [0, 0.1) is 23.7 Å². The fraction of sp³-hybridized carbons (Fsp3) is 0.400. The monoisotopic (exact) mass is 459 g/mol. The molecule has 1 aromatic rings. The van der Waals surface area contributed by atoms with E-state index in [-0.39, 0.29) is 12.3 Å². The SMILES string of the molecule is O=C(O)CCC/C=C/C=C/[C@@H]1C=C[C@@H]2CCC[C@H]2[C@H]1/C=C/C=C/C(=O)NCCc1ccccc1. The lowest BCUT2D eigenvalue weighted by molar-refractivity contribution is -0.137. The van der Waals surface area contributed by atoms with Crippen molar-refractivity contribution in [2.24, 2.45) is 23.7 Å². The normalized spacial score (nSPS) is 24.5. The van der Waals surface area contributed by atoms with Gasteiger partial charge in [-0.25, -0.2) is 0 Å². The molecule has 1 amide bonds. The van der Waals surface area contributed by atoms with Gasteiger partial charge in [-0.05, 0) is 55.4 Å². The number of hydrogen-bond donors (Lipinski definition) is 2. The summed E-state index contributed by atoms with van der Waals surface area (Å²) in [6.45, 7) is 0.630. The van der Waals surface area contributed by atoms with Crippen molar-refractivity contribution >= 4 is 11.9 Å². The number of allylic oxidation sites excluding steroid dienone is 9. The number of fused-ring (bicyclic) bond motifs is 1. The van der Waals surface area contributed by atoms with E-state index in [1.165, 1.54) is 24.8 Å². The zero-order valence-electron chi connectivity index (χ0n) is 19.9. The molecule has 0 aromatic heterocycles. The topological polar surface area (TPSA) is 66.4 Å². The summed E-state index contributed by atoms with van der Waals surface area (Å²) in [7, 11) is 0. The van der Waals surface area contributed by atoms with Gasteiger partial charge in [0.05, 0.1) is 0 Å². The van der Waals surface area contributed by atoms with Gasteiger partial charge in [0.2, 0.25) is 5.91 Å². The highest BCUT2D eigenvalue weighted by atomic mass is 16.4. The lowest BCUT2D eigenvalue weighted by atomic mass is 9.71. The van der Waals surface area contributed by atoms with Crippen LogP contribution in [0.5, 0.6) is 0 Å². The molecule has 4 nitrogen and oxygen atoms in total. The molecule has 34 heavy (non-hydrogen) atoms. The van der Waals surface area contributed by atoms with Crippen LogP contribution >= 0.6 is 0 Å². The van der Waals surface area contributed by atoms with E-state index >= 15 is 0 Å². The van der Waals surface area contributed by atoms with Crippen molar-refractivity contribution in [1.29, 1.82) is 0 Å². The number of carboxylic acid groups (broad SMARTS) is 1. The Hall–Kier alpha value is -3.14. The van der Waals surface area contributed by atoms with Crippen LogP contribution in [-0.2, 0) is 16.0 Å². The van der Waals surface area contributed by atoms with E-state index in [9.17, 15) is 9.59 Å². The average Bonchev–Trinajstić information content (AvgIpc) is 3.31. The zero-order valence-corrected chi connectivity index (χ0v) is 19.9. The third kappa shape index (κ3) is 8.66. The van der Waals surface area contributed by atoms with Gasteiger partial charge in [0.15, 0.2) is 0 Å². The van der Waals surface area contributed by atoms with Gasteiger partial charge in [-0.2, -0.15) is 0 Å². The fourth-order valence-corrected chi connectivity index (χ4v) is 4.99. The van der Waals surface area contributed by atoms with Gasteiger partial charge in [-0.3, -0.25) is 9.59 Å². The molecule has 0 radical (unpaired) electrons. The van der Waals surface area contributed by atoms with Gasteiger partial charge in [0.1, 0.15) is 0 Å². The molecule has 0 heterocycles. The number of carbonyl (C=O) groups excluding carboxylic acids is 1. The average molecular weight is 460 g/mol. The maximum atomic E-state index is 12.1. The number of hydrogen-bond acceptors (Lipinski definition) is 2. The standard InChI is InChI=1S/C30H37NO3/c32-29(31-23-22-24-12-5-4-6-13-24)18-10-9-16-27-25(20-21-26-15-11-17-28(26)27)14-7-2-1-3-8-19-30(33)34/h1-2,4-7,9-10,12-14,16,18,20-21,25-28H,3,8,11,15,17,19,22-23H2,(H,31,32)(H,33,34)/b2-1+,14-7+,16-9+,18-10+/t25-,26+,27+,28-/m1/s1. The highest BCUT2D eigenvalue weighted by molar-refractivity contribution is 5.87. The second-order valence-corrected chi connectivity index (χ2v) is 9.17. The minimum absolute atomic E-state index is 0.0626. The summed E-state index contributed by atoms with van der Waals surface area (Å²) in [6, 6.07) is 10.2. The molecule has 4 atom stereocenters. The smallest absolute Gasteiger partial charge is 0.303 e. The lowest BCUT2D eigenvalue weighted by Crippen LogP contribution is -2.26. The minimum atomic E-state index is -0.740. The second kappa shape index (κ2) is 14.2. The Morgan fingerprint density at radius 1 is 1.00 bits per heavy atom. The molecular weight excluding hydrogens is 422 g/mol. The van der Waals surface area contributed by atoms with Crippen molar-refractivity contribution in [2.45, 2.75) is 44.9 Å². The summed E-state index contributed by atoms with van der Waals surface area (Å²) in [4.78, 5) is 22.7. The maximum absolute atomic E-state index is 12.1. The van der Waals surface area contributed by atoms with Crippen LogP contribution < -0.4 is 5.32 Å². The molecule has 0 aliphatic heterocycles. The lowest BCUT2D eigenvalue weighted by Gasteiger charge is -2.33. The number of aliphatic carboxylic acids is 1. The Bertz CT molecular complexity index is 926. The first-order valence-electron chi connectivity index (χ1n) is 12.5. The summed E-state index contributed by atoms with van der Waals surface area (Å²) in [6.07, 6.45) is 27.2. The van der Waals surface area contributed by atoms with Crippen LogP contribution in [0.15, 0.2) is 91.1 Å². The number of rotatable bonds is 12. The van der Waals surface area contributed by atoms with Crippen LogP contribution in [0.25, 0.3) is 0 Å². The van der Waals surface area contributed by atoms with Gasteiger partial charge in [-0.1, -0.05) is 91.4 Å². The van der Waals surface area contributed by atoms with Gasteiger partial charge >= 0.3 is 5.97 Å². The molecule has 0 saturated heterocycles. The highest BCUT2D eigenvalue weighted by Crippen LogP contribution is 2.45. The van der Waals surface area contributed by atoms with Crippen molar-refractivity contribution in [3.8, 4) is 0 Å². The molecule has 0 bridgehead atoms. The Kier molecular flexibility index (Phi) is 10.6. The molecule has 4 heteroatoms. The first kappa shape index (κ1) is 25.5. The Labute approximate surface area is 203 Å². The van der Waals surface area contributed by atoms with Crippen LogP contribution in [0.1, 0.15) is 44.1 Å². The molecule has 1 aromatic carbocycles. The molecule has 1 saturated carbocycles. The Morgan fingerprint density at radius 3 is 2.65 bits per heavy atom. The number of carboxylic acids is 1. The Morgan fingerprint density at radius 2 is 1.82 bits per heavy atom. The van der Waals surface area contributed by atoms with Crippen LogP contribution in [-0.4, -0.2) is 23.5 Å². The summed E-state index contributed by atoms with van der Waals surface area (Å²) in [5.74, 6) is 1.29. The molecule has 2 aliphatic rings. The quantitative estimate of drug-likeness (QED) is 0.173. The third-order valence-corrected chi connectivity index (χ3v) is 6.73. The van der Waals surface area contributed by atoms with E-state index in [1.807, 2.05) is 42.5 Å². The largest absolute Gasteiger partial charge is 0.481 e. The predicted octanol–water partition coefficient (Wildman–Crippen LogP) is 6.04. The van der Waals surface area contributed by atoms with Crippen LogP contribution in [0.3, 0.4) is 0 Å². The molecule has 0 unspecified atom stereocenters. The van der Waals surface area contributed by atoms with Crippen molar-refractivity contribution in [2.75, 3.05) is 6.54 Å². The van der Waals surface area contributed by atoms with E-state index in [0.29, 0.717) is 36.6 Å². The van der Waals surface area contributed by atoms with Gasteiger partial charge < -0.3 is 10.4 Å². The summed E-state index contributed by atoms with van der Waals surface area (Å²) >= 11 is 0. The van der Waals surface area contributed by atoms with E-state index in [1.54, 1.807) is 6.08 Å². The van der Waals surface area contributed by atoms with Crippen molar-refractivity contribution in [1.82, 2.24) is 5.32 Å². The molecule has 2 aliphatic carbocycles. The first-order chi connectivity index (χ1) is 16.6. The van der Waals surface area contributed by atoms with Crippen LogP contribution in [0.4, 0.5) is 0 Å². The van der Waals surface area contributed by atoms with Crippen molar-refractivity contribution in [3.63, 3.8) is 0 Å². The van der Waals surface area contributed by atoms with Gasteiger partial charge in [0.25, 0.3) is 0 Å². The summed E-state index contributed by atoms with van der Waals surface area (Å²) in [5, 5.41) is 11.7. The fourth-order valence-electron chi connectivity index (χ4n) is 4.99. The van der Waals surface area contributed by atoms with E-state index in [2.05, 4.69) is 47.8 Å². The predicted molar refractivity (Wildman–Crippen MR) is 138 cm³/mol. The van der Waals surface area contributed by atoms with E-state index < -0.39 is 5.97 Å². The first-order valence-corrected chi connectivity index (χ1v) is 12.5. The maximum Gasteiger partial charge on any atom is 0.303 e. The molecule has 1 fully saturated rings. The van der Waals surface area contributed by atoms with E-state index in [4.69, 9.17) is 5.11 Å². The van der Waals surface area contributed by atoms with E-state index in [0.717, 1.165) is 12.8 Å². The molecular formula is C30H37NO3. The second-order valence-electron chi connectivity index (χ2n) is 9.17. The molecule has 0 spiro atoms. The zero-order chi connectivity index (χ0) is 24.0. The highest BCUT2D eigenvalue weighted by Gasteiger charge is 2.36. The van der Waals surface area contributed by atoms with Gasteiger partial charge in [0, 0.05) is 25.0 Å². The summed E-state index contributed by atoms with van der Waals surface area (Å²) in [5.41, 5.74) is 1.22. The minimum Gasteiger partial charge on any atom is -0.481 e. The number of amides is 1. The molecule has 2 N–H and O–H groups in total. The van der Waals surface area contributed by atoms with Crippen molar-refractivity contribution < 1.29 is 14.7 Å². The van der Waals surface area contributed by atoms with Crippen LogP contribution in [0.2, 0.25) is 0 Å².